The summed E-state index contributed by atoms with van der Waals surface area (Å²) in [5.74, 6) is 1.32. The van der Waals surface area contributed by atoms with Crippen molar-refractivity contribution in [2.45, 2.75) is 12.8 Å². The molecule has 3 aromatic rings. The smallest absolute Gasteiger partial charge is 0.257 e. The van der Waals surface area contributed by atoms with Gasteiger partial charge in [0.1, 0.15) is 5.75 Å². The minimum Gasteiger partial charge on any atom is -0.496 e. The van der Waals surface area contributed by atoms with Gasteiger partial charge in [-0.3, -0.25) is 9.89 Å². The van der Waals surface area contributed by atoms with Gasteiger partial charge < -0.3 is 19.1 Å². The van der Waals surface area contributed by atoms with E-state index in [-0.39, 0.29) is 5.91 Å². The Balaban J connectivity index is 1.62. The number of nitrogens with zero attached hydrogens (tertiary/aromatic N) is 2. The fourth-order valence-corrected chi connectivity index (χ4v) is 3.26. The van der Waals surface area contributed by atoms with Crippen LogP contribution in [0.5, 0.6) is 17.2 Å². The highest BCUT2D eigenvalue weighted by atomic mass is 16.5. The van der Waals surface area contributed by atoms with E-state index in [0.717, 1.165) is 29.8 Å². The fourth-order valence-electron chi connectivity index (χ4n) is 3.26. The number of hydrogen-bond donors (Lipinski definition) is 1. The molecule has 1 aromatic heterocycles. The third-order valence-corrected chi connectivity index (χ3v) is 4.92. The highest BCUT2D eigenvalue weighted by Gasteiger charge is 2.20. The number of carbonyl (C=O) groups is 1. The molecule has 0 aliphatic rings. The van der Waals surface area contributed by atoms with Gasteiger partial charge in [-0.1, -0.05) is 30.3 Å². The van der Waals surface area contributed by atoms with Crippen LogP contribution in [0.1, 0.15) is 22.5 Å². The lowest BCUT2D eigenvalue weighted by atomic mass is 10.1. The third kappa shape index (κ3) is 4.74. The molecule has 7 nitrogen and oxygen atoms in total. The number of aromatic amines is 1. The molecular weight excluding hydrogens is 382 g/mol. The molecule has 30 heavy (non-hydrogen) atoms. The van der Waals surface area contributed by atoms with Crippen molar-refractivity contribution in [1.82, 2.24) is 15.1 Å². The monoisotopic (exact) mass is 409 g/mol. The molecule has 0 unspecified atom stereocenters. The first-order valence-electron chi connectivity index (χ1n) is 9.72. The average molecular weight is 409 g/mol. The summed E-state index contributed by atoms with van der Waals surface area (Å²) in [5, 5.41) is 7.46. The Hall–Kier alpha value is -3.48. The number of amides is 1. The molecule has 2 aromatic carbocycles. The first kappa shape index (κ1) is 21.2. The second-order valence-electron chi connectivity index (χ2n) is 6.88. The number of methoxy groups -OCH3 is 3. The van der Waals surface area contributed by atoms with Crippen molar-refractivity contribution in [1.29, 1.82) is 0 Å². The van der Waals surface area contributed by atoms with Gasteiger partial charge >= 0.3 is 0 Å². The largest absolute Gasteiger partial charge is 0.496 e. The minimum absolute atomic E-state index is 0.137. The maximum Gasteiger partial charge on any atom is 0.257 e. The molecule has 0 aliphatic carbocycles. The maximum absolute atomic E-state index is 13.0. The lowest BCUT2D eigenvalue weighted by Crippen LogP contribution is -2.28. The summed E-state index contributed by atoms with van der Waals surface area (Å²) in [6.45, 7) is 0.593. The summed E-state index contributed by atoms with van der Waals surface area (Å²) < 4.78 is 16.0. The van der Waals surface area contributed by atoms with Crippen molar-refractivity contribution in [3.8, 4) is 28.5 Å². The van der Waals surface area contributed by atoms with Gasteiger partial charge in [0.15, 0.2) is 11.5 Å². The number of ether oxygens (including phenoxy) is 3. The summed E-state index contributed by atoms with van der Waals surface area (Å²) in [5.41, 5.74) is 3.47. The molecule has 158 valence electrons. The van der Waals surface area contributed by atoms with E-state index in [2.05, 4.69) is 16.3 Å². The standard InChI is InChI=1S/C23H27N3O4/c1-26(23(27)18-14-21(29-3)22(30-4)15-20(18)28-2)12-8-11-17-13-19(25-24-17)16-9-6-5-7-10-16/h5-7,9-10,13-15H,8,11-12H2,1-4H3,(H,24,25). The van der Waals surface area contributed by atoms with Crippen molar-refractivity contribution in [3.05, 3.63) is 59.8 Å². The minimum atomic E-state index is -0.137. The van der Waals surface area contributed by atoms with E-state index in [0.29, 0.717) is 29.4 Å². The zero-order valence-corrected chi connectivity index (χ0v) is 17.8. The van der Waals surface area contributed by atoms with Gasteiger partial charge in [0.25, 0.3) is 5.91 Å². The van der Waals surface area contributed by atoms with Crippen molar-refractivity contribution in [2.75, 3.05) is 34.9 Å². The number of carbonyl (C=O) groups excluding carboxylic acids is 1. The van der Waals surface area contributed by atoms with Gasteiger partial charge in [0, 0.05) is 37.0 Å². The highest BCUT2D eigenvalue weighted by Crippen LogP contribution is 2.35. The van der Waals surface area contributed by atoms with Crippen LogP contribution >= 0.6 is 0 Å². The van der Waals surface area contributed by atoms with Crippen molar-refractivity contribution < 1.29 is 19.0 Å². The van der Waals surface area contributed by atoms with Crippen LogP contribution in [0.4, 0.5) is 0 Å². The first-order chi connectivity index (χ1) is 14.6. The normalized spacial score (nSPS) is 10.5. The Morgan fingerprint density at radius 2 is 1.63 bits per heavy atom. The van der Waals surface area contributed by atoms with E-state index >= 15 is 0 Å². The molecule has 0 aliphatic heterocycles. The van der Waals surface area contributed by atoms with Crippen LogP contribution < -0.4 is 14.2 Å². The second kappa shape index (κ2) is 9.82. The predicted molar refractivity (Wildman–Crippen MR) is 115 cm³/mol. The Kier molecular flexibility index (Phi) is 6.95. The average Bonchev–Trinajstić information content (AvgIpc) is 3.27. The number of aryl methyl sites for hydroxylation is 1. The van der Waals surface area contributed by atoms with Gasteiger partial charge in [0.05, 0.1) is 32.6 Å². The third-order valence-electron chi connectivity index (χ3n) is 4.92. The zero-order valence-electron chi connectivity index (χ0n) is 17.8. The molecule has 0 saturated heterocycles. The van der Waals surface area contributed by atoms with Gasteiger partial charge in [0.2, 0.25) is 0 Å². The lowest BCUT2D eigenvalue weighted by molar-refractivity contribution is 0.0789. The van der Waals surface area contributed by atoms with Gasteiger partial charge in [-0.25, -0.2) is 0 Å². The lowest BCUT2D eigenvalue weighted by Gasteiger charge is -2.20. The van der Waals surface area contributed by atoms with Crippen LogP contribution in [-0.4, -0.2) is 55.9 Å². The van der Waals surface area contributed by atoms with Crippen LogP contribution in [0.2, 0.25) is 0 Å². The Morgan fingerprint density at radius 3 is 2.30 bits per heavy atom. The maximum atomic E-state index is 13.0. The molecule has 1 N–H and O–H groups in total. The summed E-state index contributed by atoms with van der Waals surface area (Å²) in [4.78, 5) is 14.6. The number of nitrogens with one attached hydrogen (secondary N) is 1. The second-order valence-corrected chi connectivity index (χ2v) is 6.88. The van der Waals surface area contributed by atoms with E-state index in [9.17, 15) is 4.79 Å². The molecule has 1 heterocycles. The molecule has 7 heteroatoms. The van der Waals surface area contributed by atoms with E-state index in [1.807, 2.05) is 30.3 Å². The Morgan fingerprint density at radius 1 is 0.967 bits per heavy atom. The number of aromatic nitrogens is 2. The molecule has 0 radical (unpaired) electrons. The molecule has 3 rings (SSSR count). The molecule has 1 amide bonds. The quantitative estimate of drug-likeness (QED) is 0.582. The van der Waals surface area contributed by atoms with Crippen LogP contribution in [-0.2, 0) is 6.42 Å². The predicted octanol–water partition coefficient (Wildman–Crippen LogP) is 3.81. The van der Waals surface area contributed by atoms with E-state index in [1.54, 1.807) is 31.2 Å². The van der Waals surface area contributed by atoms with E-state index in [1.165, 1.54) is 14.2 Å². The summed E-state index contributed by atoms with van der Waals surface area (Å²) >= 11 is 0. The van der Waals surface area contributed by atoms with Crippen LogP contribution in [0.15, 0.2) is 48.5 Å². The molecule has 0 saturated carbocycles. The fraction of sp³-hybridized carbons (Fsp3) is 0.304. The van der Waals surface area contributed by atoms with Gasteiger partial charge in [-0.05, 0) is 18.9 Å². The van der Waals surface area contributed by atoms with Crippen LogP contribution in [0.25, 0.3) is 11.3 Å². The SMILES string of the molecule is COc1cc(OC)c(C(=O)N(C)CCCc2cc(-c3ccccc3)n[nH]2)cc1OC. The molecule has 0 bridgehead atoms. The zero-order chi connectivity index (χ0) is 21.5. The number of rotatable bonds is 9. The molecule has 0 fully saturated rings. The number of benzene rings is 2. The summed E-state index contributed by atoms with van der Waals surface area (Å²) in [6, 6.07) is 15.4. The molecule has 0 spiro atoms. The number of H-pyrrole nitrogens is 1. The van der Waals surface area contributed by atoms with E-state index in [4.69, 9.17) is 14.2 Å². The Labute approximate surface area is 176 Å². The van der Waals surface area contributed by atoms with Gasteiger partial charge in [-0.2, -0.15) is 5.10 Å². The van der Waals surface area contributed by atoms with E-state index < -0.39 is 0 Å². The highest BCUT2D eigenvalue weighted by molar-refractivity contribution is 5.97. The van der Waals surface area contributed by atoms with Crippen LogP contribution in [0, 0.1) is 0 Å². The first-order valence-corrected chi connectivity index (χ1v) is 9.72. The summed E-state index contributed by atoms with van der Waals surface area (Å²) in [6.07, 6.45) is 1.59. The molecule has 0 atom stereocenters. The van der Waals surface area contributed by atoms with Crippen LogP contribution in [0.3, 0.4) is 0 Å². The Bertz CT molecular complexity index is 985. The van der Waals surface area contributed by atoms with Crippen molar-refractivity contribution in [2.24, 2.45) is 0 Å². The van der Waals surface area contributed by atoms with Gasteiger partial charge in [-0.15, -0.1) is 0 Å². The topological polar surface area (TPSA) is 76.7 Å². The van der Waals surface area contributed by atoms with Crippen molar-refractivity contribution >= 4 is 5.91 Å². The molecular formula is C23H27N3O4. The van der Waals surface area contributed by atoms with Crippen molar-refractivity contribution in [3.63, 3.8) is 0 Å². The number of hydrogen-bond acceptors (Lipinski definition) is 5. The summed E-state index contributed by atoms with van der Waals surface area (Å²) in [7, 11) is 6.39.